The van der Waals surface area contributed by atoms with Crippen molar-refractivity contribution >= 4 is 23.6 Å². The highest BCUT2D eigenvalue weighted by Crippen LogP contribution is 2.26. The molecule has 1 aliphatic heterocycles. The van der Waals surface area contributed by atoms with E-state index in [1.165, 1.54) is 11.6 Å². The van der Waals surface area contributed by atoms with E-state index >= 15 is 0 Å². The van der Waals surface area contributed by atoms with E-state index in [1.54, 1.807) is 35.2 Å². The van der Waals surface area contributed by atoms with Crippen LogP contribution >= 0.6 is 0 Å². The fourth-order valence-electron chi connectivity index (χ4n) is 3.06. The lowest BCUT2D eigenvalue weighted by Gasteiger charge is -2.18. The minimum absolute atomic E-state index is 0.00152. The number of rotatable bonds is 6. The fourth-order valence-corrected chi connectivity index (χ4v) is 3.06. The van der Waals surface area contributed by atoms with E-state index in [2.05, 4.69) is 5.32 Å². The Hall–Kier alpha value is -3.08. The third-order valence-corrected chi connectivity index (χ3v) is 4.59. The maximum atomic E-state index is 12.3. The first-order valence-corrected chi connectivity index (χ1v) is 9.24. The molecule has 0 bridgehead atoms. The lowest BCUT2D eigenvalue weighted by molar-refractivity contribution is -0.111. The molecule has 0 atom stereocenters. The summed E-state index contributed by atoms with van der Waals surface area (Å²) in [7, 11) is 0. The zero-order valence-electron chi connectivity index (χ0n) is 15.7. The number of hydrogen-bond acceptors (Lipinski definition) is 3. The lowest BCUT2D eigenvalue weighted by atomic mass is 10.1. The van der Waals surface area contributed by atoms with Crippen LogP contribution in [-0.2, 0) is 11.2 Å². The maximum Gasteiger partial charge on any atom is 0.253 e. The number of hydrogen-bond donors (Lipinski definition) is 1. The average Bonchev–Trinajstić information content (AvgIpc) is 3.15. The van der Waals surface area contributed by atoms with Crippen LogP contribution in [0.25, 0.3) is 6.08 Å². The van der Waals surface area contributed by atoms with Gasteiger partial charge in [0.25, 0.3) is 5.91 Å². The van der Waals surface area contributed by atoms with Crippen molar-refractivity contribution in [3.8, 4) is 5.75 Å². The molecule has 1 aliphatic rings. The highest BCUT2D eigenvalue weighted by molar-refractivity contribution is 6.02. The molecule has 0 unspecified atom stereocenters. The van der Waals surface area contributed by atoms with Crippen LogP contribution in [0.3, 0.4) is 0 Å². The van der Waals surface area contributed by atoms with Gasteiger partial charge < -0.3 is 15.0 Å². The quantitative estimate of drug-likeness (QED) is 0.794. The van der Waals surface area contributed by atoms with Crippen LogP contribution in [0.5, 0.6) is 5.75 Å². The van der Waals surface area contributed by atoms with Crippen LogP contribution < -0.4 is 10.1 Å². The molecule has 2 aromatic rings. The summed E-state index contributed by atoms with van der Waals surface area (Å²) in [6, 6.07) is 12.9. The average molecular weight is 364 g/mol. The summed E-state index contributed by atoms with van der Waals surface area (Å²) >= 11 is 0. The van der Waals surface area contributed by atoms with Gasteiger partial charge in [0.05, 0.1) is 6.61 Å². The van der Waals surface area contributed by atoms with Crippen molar-refractivity contribution in [1.29, 1.82) is 0 Å². The smallest absolute Gasteiger partial charge is 0.253 e. The van der Waals surface area contributed by atoms with Gasteiger partial charge in [-0.25, -0.2) is 0 Å². The van der Waals surface area contributed by atoms with Crippen LogP contribution in [0.15, 0.2) is 48.5 Å². The van der Waals surface area contributed by atoms with Gasteiger partial charge in [0.15, 0.2) is 0 Å². The van der Waals surface area contributed by atoms with Crippen molar-refractivity contribution < 1.29 is 14.3 Å². The third-order valence-electron chi connectivity index (χ3n) is 4.59. The monoisotopic (exact) mass is 364 g/mol. The summed E-state index contributed by atoms with van der Waals surface area (Å²) in [5, 5.41) is 2.81. The molecule has 5 nitrogen and oxygen atoms in total. The van der Waals surface area contributed by atoms with Crippen molar-refractivity contribution in [2.24, 2.45) is 0 Å². The highest BCUT2D eigenvalue weighted by Gasteiger charge is 2.12. The Labute approximate surface area is 159 Å². The highest BCUT2D eigenvalue weighted by atomic mass is 16.5. The van der Waals surface area contributed by atoms with E-state index in [9.17, 15) is 9.59 Å². The Bertz CT molecular complexity index is 852. The molecule has 0 radical (unpaired) electrons. The SMILES string of the molecule is CCN(CC)C(=O)c1ccc(NC(=O)/C=C/c2ccc3c(c2)CCO3)cc1. The van der Waals surface area contributed by atoms with Crippen LogP contribution in [0.1, 0.15) is 35.3 Å². The molecule has 1 N–H and O–H groups in total. The minimum Gasteiger partial charge on any atom is -0.493 e. The Balaban J connectivity index is 1.60. The van der Waals surface area contributed by atoms with E-state index in [4.69, 9.17) is 4.74 Å². The number of fused-ring (bicyclic) bond motifs is 1. The topological polar surface area (TPSA) is 58.6 Å². The van der Waals surface area contributed by atoms with Crippen molar-refractivity contribution in [3.05, 3.63) is 65.2 Å². The Morgan fingerprint density at radius 1 is 1.11 bits per heavy atom. The number of carbonyl (C=O) groups excluding carboxylic acids is 2. The summed E-state index contributed by atoms with van der Waals surface area (Å²) < 4.78 is 5.48. The van der Waals surface area contributed by atoms with Crippen molar-refractivity contribution in [2.45, 2.75) is 20.3 Å². The number of carbonyl (C=O) groups is 2. The van der Waals surface area contributed by atoms with Crippen molar-refractivity contribution in [1.82, 2.24) is 4.90 Å². The van der Waals surface area contributed by atoms with Gasteiger partial charge >= 0.3 is 0 Å². The lowest BCUT2D eigenvalue weighted by Crippen LogP contribution is -2.30. The van der Waals surface area contributed by atoms with Gasteiger partial charge in [0.2, 0.25) is 5.91 Å². The van der Waals surface area contributed by atoms with E-state index < -0.39 is 0 Å². The minimum atomic E-state index is -0.213. The molecular weight excluding hydrogens is 340 g/mol. The van der Waals surface area contributed by atoms with E-state index in [0.717, 1.165) is 24.3 Å². The van der Waals surface area contributed by atoms with E-state index in [-0.39, 0.29) is 11.8 Å². The molecule has 0 saturated carbocycles. The van der Waals surface area contributed by atoms with Crippen LogP contribution in [-0.4, -0.2) is 36.4 Å². The number of ether oxygens (including phenoxy) is 1. The molecular formula is C22H24N2O3. The van der Waals surface area contributed by atoms with Crippen LogP contribution in [0, 0.1) is 0 Å². The molecule has 1 heterocycles. The second kappa shape index (κ2) is 8.54. The summed E-state index contributed by atoms with van der Waals surface area (Å²) in [5.41, 5.74) is 3.41. The molecule has 5 heteroatoms. The third kappa shape index (κ3) is 4.56. The second-order valence-electron chi connectivity index (χ2n) is 6.34. The first kappa shape index (κ1) is 18.7. The Kier molecular flexibility index (Phi) is 5.91. The zero-order valence-corrected chi connectivity index (χ0v) is 15.7. The molecule has 0 saturated heterocycles. The molecule has 0 aliphatic carbocycles. The van der Waals surface area contributed by atoms with E-state index in [1.807, 2.05) is 32.0 Å². The van der Waals surface area contributed by atoms with Gasteiger partial charge in [-0.2, -0.15) is 0 Å². The number of anilines is 1. The summed E-state index contributed by atoms with van der Waals surface area (Å²) in [6.07, 6.45) is 4.19. The second-order valence-corrected chi connectivity index (χ2v) is 6.34. The van der Waals surface area contributed by atoms with Gasteiger partial charge in [0, 0.05) is 36.8 Å². The predicted octanol–water partition coefficient (Wildman–Crippen LogP) is 3.76. The molecule has 0 fully saturated rings. The number of amides is 2. The largest absolute Gasteiger partial charge is 0.493 e. The Morgan fingerprint density at radius 2 is 1.85 bits per heavy atom. The summed E-state index contributed by atoms with van der Waals surface area (Å²) in [4.78, 5) is 26.2. The first-order valence-electron chi connectivity index (χ1n) is 9.24. The summed E-state index contributed by atoms with van der Waals surface area (Å²) in [5.74, 6) is 0.712. The standard InChI is InChI=1S/C22H24N2O3/c1-3-24(4-2)22(26)17-7-9-19(10-8-17)23-21(25)12-6-16-5-11-20-18(15-16)13-14-27-20/h5-12,15H,3-4,13-14H2,1-2H3,(H,23,25)/b12-6+. The fraction of sp³-hybridized carbons (Fsp3) is 0.273. The van der Waals surface area contributed by atoms with Gasteiger partial charge in [-0.1, -0.05) is 6.07 Å². The van der Waals surface area contributed by atoms with Crippen molar-refractivity contribution in [3.63, 3.8) is 0 Å². The van der Waals surface area contributed by atoms with Gasteiger partial charge in [0.1, 0.15) is 5.75 Å². The van der Waals surface area contributed by atoms with Crippen LogP contribution in [0.4, 0.5) is 5.69 Å². The molecule has 3 rings (SSSR count). The zero-order chi connectivity index (χ0) is 19.2. The number of benzene rings is 2. The predicted molar refractivity (Wildman–Crippen MR) is 107 cm³/mol. The molecule has 0 aromatic heterocycles. The first-order chi connectivity index (χ1) is 13.1. The Morgan fingerprint density at radius 3 is 2.56 bits per heavy atom. The number of nitrogens with zero attached hydrogens (tertiary/aromatic N) is 1. The number of nitrogens with one attached hydrogen (secondary N) is 1. The van der Waals surface area contributed by atoms with Crippen molar-refractivity contribution in [2.75, 3.05) is 25.0 Å². The van der Waals surface area contributed by atoms with Crippen LogP contribution in [0.2, 0.25) is 0 Å². The normalized spacial score (nSPS) is 12.5. The maximum absolute atomic E-state index is 12.3. The molecule has 0 spiro atoms. The molecule has 27 heavy (non-hydrogen) atoms. The molecule has 2 amide bonds. The summed E-state index contributed by atoms with van der Waals surface area (Å²) in [6.45, 7) is 5.98. The van der Waals surface area contributed by atoms with Gasteiger partial charge in [-0.15, -0.1) is 0 Å². The molecule has 2 aromatic carbocycles. The van der Waals surface area contributed by atoms with Gasteiger partial charge in [-0.3, -0.25) is 9.59 Å². The van der Waals surface area contributed by atoms with Gasteiger partial charge in [-0.05, 0) is 67.4 Å². The van der Waals surface area contributed by atoms with E-state index in [0.29, 0.717) is 24.3 Å². The molecule has 140 valence electrons.